The molecular weight excluding hydrogens is 577 g/mol. The molecule has 10 nitrogen and oxygen atoms in total. The molecule has 0 aliphatic carbocycles. The lowest BCUT2D eigenvalue weighted by molar-refractivity contribution is 0.000951. The van der Waals surface area contributed by atoms with Crippen LogP contribution in [0.15, 0.2) is 24.3 Å². The highest BCUT2D eigenvalue weighted by atomic mass is 35.5. The summed E-state index contributed by atoms with van der Waals surface area (Å²) in [6, 6.07) is 5.87. The van der Waals surface area contributed by atoms with Crippen LogP contribution in [-0.4, -0.2) is 115 Å². The van der Waals surface area contributed by atoms with Crippen molar-refractivity contribution in [3.63, 3.8) is 0 Å². The molecule has 0 N–H and O–H groups in total. The van der Waals surface area contributed by atoms with Gasteiger partial charge in [-0.1, -0.05) is 23.7 Å². The van der Waals surface area contributed by atoms with Crippen LogP contribution in [0.25, 0.3) is 11.3 Å². The lowest BCUT2D eigenvalue weighted by Crippen LogP contribution is -2.60. The van der Waals surface area contributed by atoms with Gasteiger partial charge in [0.15, 0.2) is 5.75 Å². The van der Waals surface area contributed by atoms with Crippen molar-refractivity contribution in [2.75, 3.05) is 71.0 Å². The smallest absolute Gasteiger partial charge is 0.410 e. The third kappa shape index (κ3) is 6.39. The van der Waals surface area contributed by atoms with E-state index in [1.165, 1.54) is 6.07 Å². The average molecular weight is 618 g/mol. The predicted molar refractivity (Wildman–Crippen MR) is 163 cm³/mol. The molecule has 1 aromatic heterocycles. The van der Waals surface area contributed by atoms with Gasteiger partial charge in [-0.2, -0.15) is 0 Å². The Morgan fingerprint density at radius 3 is 2.60 bits per heavy atom. The number of benzene rings is 1. The summed E-state index contributed by atoms with van der Waals surface area (Å²) < 4.78 is 32.3. The number of halogens is 2. The van der Waals surface area contributed by atoms with Crippen molar-refractivity contribution >= 4 is 29.4 Å². The Hall–Kier alpha value is -3.15. The van der Waals surface area contributed by atoms with Crippen molar-refractivity contribution in [1.82, 2.24) is 19.7 Å². The van der Waals surface area contributed by atoms with Crippen molar-refractivity contribution in [2.45, 2.75) is 51.8 Å². The fraction of sp³-hybridized carbons (Fsp3) is 0.581. The molecule has 43 heavy (non-hydrogen) atoms. The Labute approximate surface area is 257 Å². The lowest BCUT2D eigenvalue weighted by atomic mass is 9.97. The minimum atomic E-state index is -0.640. The van der Waals surface area contributed by atoms with E-state index in [1.807, 2.05) is 20.8 Å². The van der Waals surface area contributed by atoms with E-state index in [4.69, 9.17) is 30.8 Å². The standard InChI is InChI=1S/C31H41ClFN5O5/c1-30(2,3)43-29(40)35-12-14-38-20(17-35)18-42-26-23(28(38)39)27(34-25(24(26)32)21-9-7-8-10-22(21)33)36-11-13-37(15-16-41-6)31(4,5)19-36/h7-10,20H,11-19H2,1-6H3. The molecule has 5 rings (SSSR count). The maximum Gasteiger partial charge on any atom is 0.410 e. The summed E-state index contributed by atoms with van der Waals surface area (Å²) in [7, 11) is 1.69. The van der Waals surface area contributed by atoms with Crippen LogP contribution < -0.4 is 9.64 Å². The van der Waals surface area contributed by atoms with E-state index in [1.54, 1.807) is 35.1 Å². The van der Waals surface area contributed by atoms with E-state index < -0.39 is 23.6 Å². The molecule has 3 aliphatic heterocycles. The van der Waals surface area contributed by atoms with E-state index in [2.05, 4.69) is 23.6 Å². The molecule has 3 aliphatic rings. The first-order chi connectivity index (χ1) is 20.3. The number of carbonyl (C=O) groups is 2. The SMILES string of the molecule is COCCN1CCN(c2nc(-c3ccccc3F)c(Cl)c3c2C(=O)N2CCN(C(=O)OC(C)(C)C)CC2CO3)CC1(C)C. The van der Waals surface area contributed by atoms with Crippen LogP contribution in [0.4, 0.5) is 15.0 Å². The van der Waals surface area contributed by atoms with Crippen LogP contribution in [0, 0.1) is 5.82 Å². The Bertz CT molecular complexity index is 1380. The van der Waals surface area contributed by atoms with Gasteiger partial charge in [-0.25, -0.2) is 14.2 Å². The summed E-state index contributed by atoms with van der Waals surface area (Å²) in [6.07, 6.45) is -0.433. The van der Waals surface area contributed by atoms with Gasteiger partial charge in [-0.05, 0) is 46.8 Å². The lowest BCUT2D eigenvalue weighted by Gasteiger charge is -2.48. The minimum Gasteiger partial charge on any atom is -0.489 e. The number of nitrogens with zero attached hydrogens (tertiary/aromatic N) is 5. The number of piperazine rings is 2. The average Bonchev–Trinajstić information content (AvgIpc) is 3.08. The van der Waals surface area contributed by atoms with Crippen molar-refractivity contribution in [1.29, 1.82) is 0 Å². The quantitative estimate of drug-likeness (QED) is 0.483. The predicted octanol–water partition coefficient (Wildman–Crippen LogP) is 4.54. The molecule has 2 amide bonds. The monoisotopic (exact) mass is 617 g/mol. The zero-order valence-corrected chi connectivity index (χ0v) is 26.5. The Morgan fingerprint density at radius 2 is 1.93 bits per heavy atom. The molecule has 0 radical (unpaired) electrons. The Kier molecular flexibility index (Phi) is 8.79. The van der Waals surface area contributed by atoms with E-state index in [0.717, 1.165) is 13.1 Å². The van der Waals surface area contributed by atoms with E-state index in [0.29, 0.717) is 38.6 Å². The number of methoxy groups -OCH3 is 1. The summed E-state index contributed by atoms with van der Waals surface area (Å²) >= 11 is 6.92. The number of anilines is 1. The molecule has 2 fully saturated rings. The highest BCUT2D eigenvalue weighted by molar-refractivity contribution is 6.35. The summed E-state index contributed by atoms with van der Waals surface area (Å²) in [4.78, 5) is 39.9. The van der Waals surface area contributed by atoms with Crippen LogP contribution in [0.5, 0.6) is 5.75 Å². The van der Waals surface area contributed by atoms with Gasteiger partial charge in [-0.15, -0.1) is 0 Å². The van der Waals surface area contributed by atoms with Crippen molar-refractivity contribution in [3.8, 4) is 17.0 Å². The number of rotatable bonds is 5. The van der Waals surface area contributed by atoms with Gasteiger partial charge in [0, 0.05) is 64.0 Å². The zero-order chi connectivity index (χ0) is 31.1. The second kappa shape index (κ2) is 12.1. The number of hydrogen-bond acceptors (Lipinski definition) is 8. The molecule has 1 unspecified atom stereocenters. The van der Waals surface area contributed by atoms with Gasteiger partial charge in [0.2, 0.25) is 0 Å². The first-order valence-corrected chi connectivity index (χ1v) is 15.1. The van der Waals surface area contributed by atoms with Gasteiger partial charge in [0.1, 0.15) is 34.4 Å². The van der Waals surface area contributed by atoms with E-state index in [9.17, 15) is 9.59 Å². The number of fused-ring (bicyclic) bond motifs is 2. The number of pyridine rings is 1. The van der Waals surface area contributed by atoms with E-state index >= 15 is 4.39 Å². The fourth-order valence-electron chi connectivity index (χ4n) is 5.99. The maximum absolute atomic E-state index is 15.1. The topological polar surface area (TPSA) is 87.7 Å². The summed E-state index contributed by atoms with van der Waals surface area (Å²) in [5.74, 6) is -0.145. The van der Waals surface area contributed by atoms with Crippen molar-refractivity contribution < 1.29 is 28.2 Å². The number of ether oxygens (including phenoxy) is 3. The molecule has 4 heterocycles. The summed E-state index contributed by atoms with van der Waals surface area (Å²) in [6.45, 7) is 14.0. The van der Waals surface area contributed by atoms with Gasteiger partial charge in [0.25, 0.3) is 5.91 Å². The van der Waals surface area contributed by atoms with Crippen LogP contribution in [0.3, 0.4) is 0 Å². The molecule has 2 aromatic rings. The molecule has 1 atom stereocenters. The van der Waals surface area contributed by atoms with Crippen LogP contribution >= 0.6 is 11.6 Å². The number of carbonyl (C=O) groups excluding carboxylic acids is 2. The van der Waals surface area contributed by atoms with Crippen molar-refractivity contribution in [2.24, 2.45) is 0 Å². The molecule has 234 valence electrons. The molecule has 0 spiro atoms. The minimum absolute atomic E-state index is 0.0824. The van der Waals surface area contributed by atoms with E-state index in [-0.39, 0.29) is 52.2 Å². The number of hydrogen-bond donors (Lipinski definition) is 0. The first kappa shape index (κ1) is 31.3. The molecule has 2 saturated heterocycles. The van der Waals surface area contributed by atoms with Crippen LogP contribution in [0.1, 0.15) is 45.0 Å². The highest BCUT2D eigenvalue weighted by Crippen LogP contribution is 2.44. The van der Waals surface area contributed by atoms with Crippen LogP contribution in [0.2, 0.25) is 5.02 Å². The molecule has 1 aromatic carbocycles. The summed E-state index contributed by atoms with van der Waals surface area (Å²) in [5, 5.41) is 0.0824. The van der Waals surface area contributed by atoms with Gasteiger partial charge < -0.3 is 28.9 Å². The van der Waals surface area contributed by atoms with Gasteiger partial charge in [-0.3, -0.25) is 9.69 Å². The first-order valence-electron chi connectivity index (χ1n) is 14.7. The second-order valence-corrected chi connectivity index (χ2v) is 13.3. The molecular formula is C31H41ClFN5O5. The third-order valence-corrected chi connectivity index (χ3v) is 8.52. The molecule has 0 saturated carbocycles. The normalized spacial score (nSPS) is 20.7. The Morgan fingerprint density at radius 1 is 1.19 bits per heavy atom. The van der Waals surface area contributed by atoms with Gasteiger partial charge in [0.05, 0.1) is 18.3 Å². The van der Waals surface area contributed by atoms with Crippen molar-refractivity contribution in [3.05, 3.63) is 40.7 Å². The highest BCUT2D eigenvalue weighted by Gasteiger charge is 2.43. The third-order valence-electron chi connectivity index (χ3n) is 8.17. The van der Waals surface area contributed by atoms with Gasteiger partial charge >= 0.3 is 6.09 Å². The zero-order valence-electron chi connectivity index (χ0n) is 25.8. The second-order valence-electron chi connectivity index (χ2n) is 12.9. The Balaban J connectivity index is 1.54. The number of amides is 2. The largest absolute Gasteiger partial charge is 0.489 e. The maximum atomic E-state index is 15.1. The molecule has 12 heteroatoms. The molecule has 0 bridgehead atoms. The van der Waals surface area contributed by atoms with Crippen LogP contribution in [-0.2, 0) is 9.47 Å². The number of aromatic nitrogens is 1. The fourth-order valence-corrected chi connectivity index (χ4v) is 6.28. The summed E-state index contributed by atoms with van der Waals surface area (Å²) in [5.41, 5.74) is -0.197.